The van der Waals surface area contributed by atoms with Gasteiger partial charge in [0.05, 0.1) is 0 Å². The molecule has 7 nitrogen and oxygen atoms in total. The molecule has 3 N–H and O–H groups in total. The van der Waals surface area contributed by atoms with Crippen molar-refractivity contribution in [2.24, 2.45) is 0 Å². The molecule has 0 bridgehead atoms. The summed E-state index contributed by atoms with van der Waals surface area (Å²) in [5.74, 6) is -0.423. The minimum absolute atomic E-state index is 0.155. The van der Waals surface area contributed by atoms with Crippen LogP contribution in [0.25, 0.3) is 0 Å². The molecule has 0 aliphatic heterocycles. The zero-order chi connectivity index (χ0) is 22.9. The third-order valence-electron chi connectivity index (χ3n) is 4.45. The van der Waals surface area contributed by atoms with Crippen LogP contribution in [-0.2, 0) is 11.4 Å². The van der Waals surface area contributed by atoms with Gasteiger partial charge < -0.3 is 10.1 Å². The smallest absolute Gasteiger partial charge is 0.269 e. The second-order valence-corrected chi connectivity index (χ2v) is 7.27. The first-order valence-electron chi connectivity index (χ1n) is 9.92. The standard InChI is InChI=1S/C24H22ClN3O4/c1-2-22(29)26-20-5-3-4-18(14-20)24(31)28-27-23(30)17-8-6-16(7-9-17)15-32-21-12-10-19(25)11-13-21/h3-14H,2,15H2,1H3,(H,26,29)(H,27,30)(H,28,31). The summed E-state index contributed by atoms with van der Waals surface area (Å²) < 4.78 is 5.67. The van der Waals surface area contributed by atoms with Gasteiger partial charge >= 0.3 is 0 Å². The minimum Gasteiger partial charge on any atom is -0.489 e. The highest BCUT2D eigenvalue weighted by Gasteiger charge is 2.10. The number of anilines is 1. The Kier molecular flexibility index (Phi) is 7.83. The molecule has 0 aromatic heterocycles. The van der Waals surface area contributed by atoms with Crippen LogP contribution in [0.5, 0.6) is 5.75 Å². The summed E-state index contributed by atoms with van der Waals surface area (Å²) in [5, 5.41) is 3.32. The first-order valence-corrected chi connectivity index (χ1v) is 10.3. The number of carbonyl (C=O) groups is 3. The Labute approximate surface area is 190 Å². The van der Waals surface area contributed by atoms with Crippen molar-refractivity contribution in [3.8, 4) is 5.75 Å². The van der Waals surface area contributed by atoms with Gasteiger partial charge in [-0.2, -0.15) is 0 Å². The molecule has 0 atom stereocenters. The third-order valence-corrected chi connectivity index (χ3v) is 4.71. The molecule has 32 heavy (non-hydrogen) atoms. The molecule has 0 unspecified atom stereocenters. The molecule has 0 aliphatic rings. The summed E-state index contributed by atoms with van der Waals surface area (Å²) in [6, 6.07) is 20.3. The topological polar surface area (TPSA) is 96.5 Å². The molecule has 3 amide bonds. The summed E-state index contributed by atoms with van der Waals surface area (Å²) in [6.45, 7) is 2.08. The molecule has 3 rings (SSSR count). The van der Waals surface area contributed by atoms with E-state index in [-0.39, 0.29) is 5.91 Å². The van der Waals surface area contributed by atoms with Crippen LogP contribution in [0.4, 0.5) is 5.69 Å². The van der Waals surface area contributed by atoms with Gasteiger partial charge in [-0.05, 0) is 60.2 Å². The molecule has 0 aliphatic carbocycles. The van der Waals surface area contributed by atoms with Crippen LogP contribution in [0, 0.1) is 0 Å². The van der Waals surface area contributed by atoms with Crippen molar-refractivity contribution in [1.82, 2.24) is 10.9 Å². The number of nitrogens with one attached hydrogen (secondary N) is 3. The van der Waals surface area contributed by atoms with E-state index in [1.54, 1.807) is 73.7 Å². The van der Waals surface area contributed by atoms with E-state index in [2.05, 4.69) is 16.2 Å². The molecule has 0 heterocycles. The van der Waals surface area contributed by atoms with Gasteiger partial charge in [0, 0.05) is 28.3 Å². The van der Waals surface area contributed by atoms with Crippen molar-refractivity contribution in [1.29, 1.82) is 0 Å². The Balaban J connectivity index is 1.51. The average molecular weight is 452 g/mol. The number of amides is 3. The number of benzene rings is 3. The predicted molar refractivity (Wildman–Crippen MR) is 123 cm³/mol. The van der Waals surface area contributed by atoms with Gasteiger partial charge in [-0.15, -0.1) is 0 Å². The van der Waals surface area contributed by atoms with E-state index in [9.17, 15) is 14.4 Å². The molecular formula is C24H22ClN3O4. The van der Waals surface area contributed by atoms with Gasteiger partial charge in [-0.1, -0.05) is 36.7 Å². The van der Waals surface area contributed by atoms with Crippen molar-refractivity contribution in [3.05, 3.63) is 94.5 Å². The zero-order valence-corrected chi connectivity index (χ0v) is 18.1. The average Bonchev–Trinajstić information content (AvgIpc) is 2.82. The quantitative estimate of drug-likeness (QED) is 0.465. The fourth-order valence-electron chi connectivity index (χ4n) is 2.70. The summed E-state index contributed by atoms with van der Waals surface area (Å²) >= 11 is 5.85. The van der Waals surface area contributed by atoms with E-state index in [1.165, 1.54) is 6.07 Å². The highest BCUT2D eigenvalue weighted by atomic mass is 35.5. The van der Waals surface area contributed by atoms with Crippen molar-refractivity contribution in [2.75, 3.05) is 5.32 Å². The van der Waals surface area contributed by atoms with Crippen LogP contribution in [0.3, 0.4) is 0 Å². The van der Waals surface area contributed by atoms with Crippen molar-refractivity contribution >= 4 is 35.0 Å². The van der Waals surface area contributed by atoms with Crippen LogP contribution >= 0.6 is 11.6 Å². The normalized spacial score (nSPS) is 10.2. The number of ether oxygens (including phenoxy) is 1. The van der Waals surface area contributed by atoms with Gasteiger partial charge in [0.25, 0.3) is 11.8 Å². The monoisotopic (exact) mass is 451 g/mol. The maximum Gasteiger partial charge on any atom is 0.269 e. The van der Waals surface area contributed by atoms with E-state index in [1.807, 2.05) is 0 Å². The number of carbonyl (C=O) groups excluding carboxylic acids is 3. The minimum atomic E-state index is -0.501. The summed E-state index contributed by atoms with van der Waals surface area (Å²) in [4.78, 5) is 36.1. The highest BCUT2D eigenvalue weighted by molar-refractivity contribution is 6.30. The Morgan fingerprint density at radius 1 is 0.844 bits per heavy atom. The van der Waals surface area contributed by atoms with Crippen LogP contribution in [0.1, 0.15) is 39.6 Å². The zero-order valence-electron chi connectivity index (χ0n) is 17.4. The van der Waals surface area contributed by atoms with Crippen LogP contribution < -0.4 is 20.9 Å². The maximum atomic E-state index is 12.3. The fourth-order valence-corrected chi connectivity index (χ4v) is 2.82. The summed E-state index contributed by atoms with van der Waals surface area (Å²) in [7, 11) is 0. The van der Waals surface area contributed by atoms with Crippen molar-refractivity contribution in [2.45, 2.75) is 20.0 Å². The van der Waals surface area contributed by atoms with Crippen molar-refractivity contribution in [3.63, 3.8) is 0 Å². The first kappa shape index (κ1) is 22.8. The molecule has 3 aromatic carbocycles. The number of hydrazine groups is 1. The molecular weight excluding hydrogens is 430 g/mol. The lowest BCUT2D eigenvalue weighted by atomic mass is 10.1. The van der Waals surface area contributed by atoms with Crippen LogP contribution in [0.15, 0.2) is 72.8 Å². The van der Waals surface area contributed by atoms with E-state index in [0.717, 1.165) is 5.56 Å². The van der Waals surface area contributed by atoms with Crippen molar-refractivity contribution < 1.29 is 19.1 Å². The van der Waals surface area contributed by atoms with Crippen LogP contribution in [0.2, 0.25) is 5.02 Å². The molecule has 164 valence electrons. The molecule has 0 spiro atoms. The number of hydrogen-bond donors (Lipinski definition) is 3. The van der Waals surface area contributed by atoms with E-state index >= 15 is 0 Å². The molecule has 3 aromatic rings. The van der Waals surface area contributed by atoms with Crippen LogP contribution in [-0.4, -0.2) is 17.7 Å². The molecule has 0 saturated heterocycles. The predicted octanol–water partition coefficient (Wildman–Crippen LogP) is 4.34. The van der Waals surface area contributed by atoms with E-state index in [0.29, 0.717) is 40.6 Å². The lowest BCUT2D eigenvalue weighted by Gasteiger charge is -2.10. The largest absolute Gasteiger partial charge is 0.489 e. The second-order valence-electron chi connectivity index (χ2n) is 6.83. The molecule has 0 fully saturated rings. The summed E-state index contributed by atoms with van der Waals surface area (Å²) in [6.07, 6.45) is 0.332. The first-order chi connectivity index (χ1) is 15.4. The Hall–Kier alpha value is -3.84. The lowest BCUT2D eigenvalue weighted by Crippen LogP contribution is -2.41. The highest BCUT2D eigenvalue weighted by Crippen LogP contribution is 2.17. The Morgan fingerprint density at radius 3 is 2.16 bits per heavy atom. The lowest BCUT2D eigenvalue weighted by molar-refractivity contribution is -0.115. The number of hydrogen-bond acceptors (Lipinski definition) is 4. The summed E-state index contributed by atoms with van der Waals surface area (Å²) in [5.41, 5.74) is 6.82. The van der Waals surface area contributed by atoms with E-state index < -0.39 is 11.8 Å². The Bertz CT molecular complexity index is 1100. The van der Waals surface area contributed by atoms with Gasteiger partial charge in [-0.3, -0.25) is 25.2 Å². The molecule has 0 saturated carbocycles. The van der Waals surface area contributed by atoms with E-state index in [4.69, 9.17) is 16.3 Å². The second kappa shape index (κ2) is 11.0. The van der Waals surface area contributed by atoms with Gasteiger partial charge in [0.1, 0.15) is 12.4 Å². The third kappa shape index (κ3) is 6.58. The Morgan fingerprint density at radius 2 is 1.50 bits per heavy atom. The SMILES string of the molecule is CCC(=O)Nc1cccc(C(=O)NNC(=O)c2ccc(COc3ccc(Cl)cc3)cc2)c1. The van der Waals surface area contributed by atoms with Gasteiger partial charge in [-0.25, -0.2) is 0 Å². The van der Waals surface area contributed by atoms with Gasteiger partial charge in [0.15, 0.2) is 0 Å². The fraction of sp³-hybridized carbons (Fsp3) is 0.125. The number of rotatable bonds is 7. The van der Waals surface area contributed by atoms with Gasteiger partial charge in [0.2, 0.25) is 5.91 Å². The molecule has 0 radical (unpaired) electrons. The number of halogens is 1. The maximum absolute atomic E-state index is 12.3. The molecule has 8 heteroatoms.